The van der Waals surface area contributed by atoms with Gasteiger partial charge < -0.3 is 15.0 Å². The van der Waals surface area contributed by atoms with Crippen LogP contribution < -0.4 is 5.32 Å². The van der Waals surface area contributed by atoms with E-state index in [1.807, 2.05) is 0 Å². The fraction of sp³-hybridized carbons (Fsp3) is 1.00. The molecule has 0 aromatic rings. The van der Waals surface area contributed by atoms with E-state index in [4.69, 9.17) is 4.74 Å². The predicted octanol–water partition coefficient (Wildman–Crippen LogP) is 1.67. The zero-order chi connectivity index (χ0) is 14.6. The van der Waals surface area contributed by atoms with Crippen molar-refractivity contribution in [2.24, 2.45) is 5.92 Å². The van der Waals surface area contributed by atoms with Gasteiger partial charge in [0.1, 0.15) is 0 Å². The van der Waals surface area contributed by atoms with E-state index in [9.17, 15) is 0 Å². The van der Waals surface area contributed by atoms with Crippen molar-refractivity contribution in [3.05, 3.63) is 0 Å². The van der Waals surface area contributed by atoms with E-state index in [2.05, 4.69) is 35.9 Å². The summed E-state index contributed by atoms with van der Waals surface area (Å²) in [7, 11) is 0. The lowest BCUT2D eigenvalue weighted by molar-refractivity contribution is 0.118. The third-order valence-corrected chi connectivity index (χ3v) is 3.76. The van der Waals surface area contributed by atoms with Gasteiger partial charge in [-0.1, -0.05) is 27.2 Å². The number of piperazine rings is 1. The van der Waals surface area contributed by atoms with E-state index in [1.165, 1.54) is 52.1 Å². The van der Waals surface area contributed by atoms with Crippen LogP contribution in [0.1, 0.15) is 33.6 Å². The highest BCUT2D eigenvalue weighted by Crippen LogP contribution is 2.04. The Hall–Kier alpha value is -0.160. The maximum atomic E-state index is 5.53. The SMILES string of the molecule is CCCCOCCNCCN1CCN(CC(C)C)CC1. The summed E-state index contributed by atoms with van der Waals surface area (Å²) in [6.45, 7) is 18.0. The maximum absolute atomic E-state index is 5.53. The summed E-state index contributed by atoms with van der Waals surface area (Å²) in [4.78, 5) is 5.16. The molecular weight excluding hydrogens is 250 g/mol. The van der Waals surface area contributed by atoms with Gasteiger partial charge in [-0.15, -0.1) is 0 Å². The molecule has 1 heterocycles. The molecule has 0 amide bonds. The highest BCUT2D eigenvalue weighted by Gasteiger charge is 2.16. The van der Waals surface area contributed by atoms with Crippen LogP contribution >= 0.6 is 0 Å². The van der Waals surface area contributed by atoms with Crippen LogP contribution in [0.15, 0.2) is 0 Å². The van der Waals surface area contributed by atoms with Crippen LogP contribution in [0.2, 0.25) is 0 Å². The van der Waals surface area contributed by atoms with Crippen molar-refractivity contribution in [1.82, 2.24) is 15.1 Å². The minimum absolute atomic E-state index is 0.788. The van der Waals surface area contributed by atoms with Crippen LogP contribution in [0.4, 0.5) is 0 Å². The molecule has 1 aliphatic heterocycles. The molecule has 1 aliphatic rings. The van der Waals surface area contributed by atoms with Crippen molar-refractivity contribution in [3.63, 3.8) is 0 Å². The summed E-state index contributed by atoms with van der Waals surface area (Å²) in [5.74, 6) is 0.788. The summed E-state index contributed by atoms with van der Waals surface area (Å²) in [5.41, 5.74) is 0. The van der Waals surface area contributed by atoms with Crippen LogP contribution in [0, 0.1) is 5.92 Å². The van der Waals surface area contributed by atoms with Crippen molar-refractivity contribution in [2.75, 3.05) is 65.6 Å². The van der Waals surface area contributed by atoms with E-state index in [-0.39, 0.29) is 0 Å². The van der Waals surface area contributed by atoms with Crippen molar-refractivity contribution < 1.29 is 4.74 Å². The lowest BCUT2D eigenvalue weighted by Crippen LogP contribution is -2.49. The first kappa shape index (κ1) is 17.9. The Morgan fingerprint density at radius 1 is 1.00 bits per heavy atom. The average Bonchev–Trinajstić information content (AvgIpc) is 2.43. The molecule has 0 unspecified atom stereocenters. The maximum Gasteiger partial charge on any atom is 0.0590 e. The summed E-state index contributed by atoms with van der Waals surface area (Å²) in [6.07, 6.45) is 2.40. The minimum atomic E-state index is 0.788. The second kappa shape index (κ2) is 11.5. The number of unbranched alkanes of at least 4 members (excludes halogenated alkanes) is 1. The topological polar surface area (TPSA) is 27.7 Å². The van der Waals surface area contributed by atoms with E-state index in [0.29, 0.717) is 0 Å². The number of nitrogens with one attached hydrogen (secondary N) is 1. The molecule has 0 spiro atoms. The van der Waals surface area contributed by atoms with Crippen LogP contribution in [-0.2, 0) is 4.74 Å². The number of hydrogen-bond donors (Lipinski definition) is 1. The molecule has 0 atom stereocenters. The molecule has 0 saturated carbocycles. The lowest BCUT2D eigenvalue weighted by atomic mass is 10.2. The quantitative estimate of drug-likeness (QED) is 0.584. The second-order valence-corrected chi connectivity index (χ2v) is 6.25. The second-order valence-electron chi connectivity index (χ2n) is 6.25. The Morgan fingerprint density at radius 2 is 1.70 bits per heavy atom. The van der Waals surface area contributed by atoms with Gasteiger partial charge in [-0.05, 0) is 12.3 Å². The molecule has 1 fully saturated rings. The highest BCUT2D eigenvalue weighted by atomic mass is 16.5. The molecule has 0 aromatic heterocycles. The molecule has 120 valence electrons. The van der Waals surface area contributed by atoms with Gasteiger partial charge in [-0.2, -0.15) is 0 Å². The van der Waals surface area contributed by atoms with E-state index >= 15 is 0 Å². The van der Waals surface area contributed by atoms with Crippen molar-refractivity contribution >= 4 is 0 Å². The monoisotopic (exact) mass is 285 g/mol. The standard InChI is InChI=1S/C16H35N3O/c1-4-5-13-20-14-7-17-6-8-18-9-11-19(12-10-18)15-16(2)3/h16-17H,4-15H2,1-3H3. The molecule has 0 aromatic carbocycles. The Morgan fingerprint density at radius 3 is 2.35 bits per heavy atom. The van der Waals surface area contributed by atoms with Gasteiger partial charge in [-0.25, -0.2) is 0 Å². The highest BCUT2D eigenvalue weighted by molar-refractivity contribution is 4.73. The van der Waals surface area contributed by atoms with Crippen molar-refractivity contribution in [3.8, 4) is 0 Å². The number of ether oxygens (including phenoxy) is 1. The Bertz CT molecular complexity index is 216. The number of hydrogen-bond acceptors (Lipinski definition) is 4. The number of nitrogens with zero attached hydrogens (tertiary/aromatic N) is 2. The van der Waals surface area contributed by atoms with Crippen molar-refractivity contribution in [1.29, 1.82) is 0 Å². The zero-order valence-corrected chi connectivity index (χ0v) is 13.9. The smallest absolute Gasteiger partial charge is 0.0590 e. The van der Waals surface area contributed by atoms with E-state index < -0.39 is 0 Å². The Balaban J connectivity index is 1.89. The Kier molecular flexibility index (Phi) is 10.3. The molecule has 0 radical (unpaired) electrons. The van der Waals surface area contributed by atoms with Gasteiger partial charge in [0.15, 0.2) is 0 Å². The van der Waals surface area contributed by atoms with Crippen LogP contribution in [0.25, 0.3) is 0 Å². The van der Waals surface area contributed by atoms with Crippen molar-refractivity contribution in [2.45, 2.75) is 33.6 Å². The molecule has 4 nitrogen and oxygen atoms in total. The summed E-state index contributed by atoms with van der Waals surface area (Å²) in [6, 6.07) is 0. The van der Waals surface area contributed by atoms with E-state index in [0.717, 1.165) is 32.2 Å². The fourth-order valence-corrected chi connectivity index (χ4v) is 2.57. The fourth-order valence-electron chi connectivity index (χ4n) is 2.57. The normalized spacial score (nSPS) is 18.0. The molecule has 4 heteroatoms. The van der Waals surface area contributed by atoms with Crippen LogP contribution in [0.5, 0.6) is 0 Å². The van der Waals surface area contributed by atoms with Gasteiger partial charge in [0, 0.05) is 59.0 Å². The molecule has 1 rings (SSSR count). The average molecular weight is 285 g/mol. The molecule has 20 heavy (non-hydrogen) atoms. The largest absolute Gasteiger partial charge is 0.380 e. The third-order valence-electron chi connectivity index (χ3n) is 3.76. The Labute approximate surface area is 125 Å². The molecular formula is C16H35N3O. The van der Waals surface area contributed by atoms with E-state index in [1.54, 1.807) is 0 Å². The third kappa shape index (κ3) is 8.90. The molecule has 0 bridgehead atoms. The van der Waals surface area contributed by atoms with Gasteiger partial charge in [-0.3, -0.25) is 4.90 Å². The molecule has 1 N–H and O–H groups in total. The zero-order valence-electron chi connectivity index (χ0n) is 13.9. The number of rotatable bonds is 11. The molecule has 0 aliphatic carbocycles. The molecule has 1 saturated heterocycles. The summed E-state index contributed by atoms with van der Waals surface area (Å²) >= 11 is 0. The first-order valence-electron chi connectivity index (χ1n) is 8.45. The first-order valence-corrected chi connectivity index (χ1v) is 8.45. The minimum Gasteiger partial charge on any atom is -0.380 e. The lowest BCUT2D eigenvalue weighted by Gasteiger charge is -2.35. The van der Waals surface area contributed by atoms with Gasteiger partial charge in [0.05, 0.1) is 6.61 Å². The first-order chi connectivity index (χ1) is 9.72. The predicted molar refractivity (Wildman–Crippen MR) is 86.3 cm³/mol. The van der Waals surface area contributed by atoms with Gasteiger partial charge >= 0.3 is 0 Å². The van der Waals surface area contributed by atoms with Gasteiger partial charge in [0.25, 0.3) is 0 Å². The van der Waals surface area contributed by atoms with Crippen LogP contribution in [0.3, 0.4) is 0 Å². The van der Waals surface area contributed by atoms with Gasteiger partial charge in [0.2, 0.25) is 0 Å². The van der Waals surface area contributed by atoms with Crippen LogP contribution in [-0.4, -0.2) is 75.4 Å². The summed E-state index contributed by atoms with van der Waals surface area (Å²) in [5, 5.41) is 3.47. The summed E-state index contributed by atoms with van der Waals surface area (Å²) < 4.78 is 5.53.